The highest BCUT2D eigenvalue weighted by Crippen LogP contribution is 2.16. The average molecular weight is 420 g/mol. The van der Waals surface area contributed by atoms with Crippen LogP contribution in [-0.4, -0.2) is 70.9 Å². The molecule has 1 amide bonds. The summed E-state index contributed by atoms with van der Waals surface area (Å²) < 4.78 is 7.60. The van der Waals surface area contributed by atoms with E-state index in [1.165, 1.54) is 0 Å². The second kappa shape index (κ2) is 10.1. The normalized spacial score (nSPS) is 16.7. The van der Waals surface area contributed by atoms with Gasteiger partial charge in [0, 0.05) is 49.9 Å². The van der Waals surface area contributed by atoms with Crippen molar-refractivity contribution in [3.63, 3.8) is 0 Å². The fraction of sp³-hybridized carbons (Fsp3) is 0.524. The Morgan fingerprint density at radius 1 is 1.14 bits per heavy atom. The minimum atomic E-state index is -0.182. The lowest BCUT2D eigenvalue weighted by Gasteiger charge is -2.37. The standard InChI is InChI=1S/C21H30ClN5O2/c1-16(2)27-20(8-9-23-27)24-21(28)17(3)26-12-10-25(11-13-26)14-15-29-19-6-4-18(22)5-7-19/h4-9,16-17H,10-15H2,1-3H3,(H,24,28)/t17-/m1/s1. The van der Waals surface area contributed by atoms with E-state index in [2.05, 4.69) is 20.2 Å². The molecule has 2 heterocycles. The molecular weight excluding hydrogens is 390 g/mol. The Kier molecular flexibility index (Phi) is 7.52. The van der Waals surface area contributed by atoms with E-state index in [-0.39, 0.29) is 18.0 Å². The van der Waals surface area contributed by atoms with Crippen molar-refractivity contribution in [3.8, 4) is 5.75 Å². The molecule has 0 saturated carbocycles. The zero-order valence-corrected chi connectivity index (χ0v) is 18.1. The lowest BCUT2D eigenvalue weighted by Crippen LogP contribution is -2.53. The summed E-state index contributed by atoms with van der Waals surface area (Å²) in [6.45, 7) is 11.1. The predicted octanol–water partition coefficient (Wildman–Crippen LogP) is 3.14. The Balaban J connectivity index is 1.40. The van der Waals surface area contributed by atoms with Crippen molar-refractivity contribution in [1.82, 2.24) is 19.6 Å². The Morgan fingerprint density at radius 2 is 1.83 bits per heavy atom. The molecule has 0 bridgehead atoms. The molecule has 8 heteroatoms. The summed E-state index contributed by atoms with van der Waals surface area (Å²) in [5.74, 6) is 1.58. The number of nitrogens with zero attached hydrogens (tertiary/aromatic N) is 4. The molecule has 29 heavy (non-hydrogen) atoms. The van der Waals surface area contributed by atoms with Crippen molar-refractivity contribution in [1.29, 1.82) is 0 Å². The van der Waals surface area contributed by atoms with Crippen LogP contribution in [0.4, 0.5) is 5.82 Å². The van der Waals surface area contributed by atoms with Gasteiger partial charge in [0.05, 0.1) is 12.2 Å². The van der Waals surface area contributed by atoms with Crippen LogP contribution >= 0.6 is 11.6 Å². The lowest BCUT2D eigenvalue weighted by molar-refractivity contribution is -0.121. The molecule has 0 unspecified atom stereocenters. The number of halogens is 1. The summed E-state index contributed by atoms with van der Waals surface area (Å²) in [5, 5.41) is 7.99. The quantitative estimate of drug-likeness (QED) is 0.712. The molecule has 0 aliphatic carbocycles. The van der Waals surface area contributed by atoms with Crippen molar-refractivity contribution in [2.45, 2.75) is 32.9 Å². The van der Waals surface area contributed by atoms with E-state index < -0.39 is 0 Å². The third kappa shape index (κ3) is 5.95. The van der Waals surface area contributed by atoms with Crippen LogP contribution in [0.25, 0.3) is 0 Å². The van der Waals surface area contributed by atoms with Gasteiger partial charge in [-0.15, -0.1) is 0 Å². The highest BCUT2D eigenvalue weighted by atomic mass is 35.5. The number of carbonyl (C=O) groups is 1. The van der Waals surface area contributed by atoms with Crippen LogP contribution in [0.1, 0.15) is 26.8 Å². The van der Waals surface area contributed by atoms with Crippen LogP contribution in [0.3, 0.4) is 0 Å². The van der Waals surface area contributed by atoms with Crippen LogP contribution in [0.2, 0.25) is 5.02 Å². The number of hydrogen-bond acceptors (Lipinski definition) is 5. The first kappa shape index (κ1) is 21.6. The van der Waals surface area contributed by atoms with Crippen LogP contribution in [0.15, 0.2) is 36.5 Å². The summed E-state index contributed by atoms with van der Waals surface area (Å²) in [4.78, 5) is 17.3. The zero-order valence-electron chi connectivity index (χ0n) is 17.3. The molecule has 1 atom stereocenters. The maximum absolute atomic E-state index is 12.7. The van der Waals surface area contributed by atoms with Gasteiger partial charge in [0.2, 0.25) is 5.91 Å². The maximum Gasteiger partial charge on any atom is 0.242 e. The summed E-state index contributed by atoms with van der Waals surface area (Å²) in [7, 11) is 0. The van der Waals surface area contributed by atoms with Crippen molar-refractivity contribution >= 4 is 23.3 Å². The number of nitrogens with one attached hydrogen (secondary N) is 1. The highest BCUT2D eigenvalue weighted by molar-refractivity contribution is 6.30. The molecule has 1 aliphatic rings. The van der Waals surface area contributed by atoms with E-state index in [1.54, 1.807) is 6.20 Å². The largest absolute Gasteiger partial charge is 0.492 e. The second-order valence-corrected chi connectivity index (χ2v) is 8.04. The van der Waals surface area contributed by atoms with Crippen molar-refractivity contribution in [2.24, 2.45) is 0 Å². The summed E-state index contributed by atoms with van der Waals surface area (Å²) in [5.41, 5.74) is 0. The van der Waals surface area contributed by atoms with Gasteiger partial charge in [-0.05, 0) is 45.0 Å². The van der Waals surface area contributed by atoms with Gasteiger partial charge in [-0.3, -0.25) is 14.6 Å². The molecule has 7 nitrogen and oxygen atoms in total. The van der Waals surface area contributed by atoms with Gasteiger partial charge < -0.3 is 10.1 Å². The van der Waals surface area contributed by atoms with Crippen molar-refractivity contribution in [2.75, 3.05) is 44.6 Å². The molecule has 3 rings (SSSR count). The third-order valence-electron chi connectivity index (χ3n) is 5.23. The SMILES string of the molecule is CC(C)n1nccc1NC(=O)[C@@H](C)N1CCN(CCOc2ccc(Cl)cc2)CC1. The van der Waals surface area contributed by atoms with E-state index in [9.17, 15) is 4.79 Å². The minimum absolute atomic E-state index is 0.00641. The number of rotatable bonds is 8. The molecule has 1 aromatic heterocycles. The first-order chi connectivity index (χ1) is 13.9. The van der Waals surface area contributed by atoms with Gasteiger partial charge in [-0.1, -0.05) is 11.6 Å². The van der Waals surface area contributed by atoms with Gasteiger partial charge in [0.1, 0.15) is 18.2 Å². The Hall–Kier alpha value is -2.09. The predicted molar refractivity (Wildman–Crippen MR) is 116 cm³/mol. The fourth-order valence-corrected chi connectivity index (χ4v) is 3.54. The second-order valence-electron chi connectivity index (χ2n) is 7.60. The molecular formula is C21H30ClN5O2. The van der Waals surface area contributed by atoms with Crippen LogP contribution < -0.4 is 10.1 Å². The summed E-state index contributed by atoms with van der Waals surface area (Å²) in [6.07, 6.45) is 1.71. The first-order valence-electron chi connectivity index (χ1n) is 10.1. The smallest absolute Gasteiger partial charge is 0.242 e. The molecule has 0 radical (unpaired) electrons. The van der Waals surface area contributed by atoms with E-state index in [4.69, 9.17) is 16.3 Å². The number of hydrogen-bond donors (Lipinski definition) is 1. The average Bonchev–Trinajstić information content (AvgIpc) is 3.18. The number of carbonyl (C=O) groups excluding carboxylic acids is 1. The van der Waals surface area contributed by atoms with E-state index >= 15 is 0 Å². The summed E-state index contributed by atoms with van der Waals surface area (Å²) >= 11 is 5.89. The van der Waals surface area contributed by atoms with Gasteiger partial charge in [-0.25, -0.2) is 4.68 Å². The van der Waals surface area contributed by atoms with E-state index in [0.29, 0.717) is 11.6 Å². The van der Waals surface area contributed by atoms with Crippen LogP contribution in [-0.2, 0) is 4.79 Å². The molecule has 0 spiro atoms. The molecule has 1 N–H and O–H groups in total. The fourth-order valence-electron chi connectivity index (χ4n) is 3.42. The minimum Gasteiger partial charge on any atom is -0.492 e. The number of anilines is 1. The molecule has 1 saturated heterocycles. The van der Waals surface area contributed by atoms with Gasteiger partial charge in [0.15, 0.2) is 0 Å². The van der Waals surface area contributed by atoms with Crippen LogP contribution in [0.5, 0.6) is 5.75 Å². The molecule has 1 fully saturated rings. The van der Waals surface area contributed by atoms with Gasteiger partial charge in [0.25, 0.3) is 0 Å². The van der Waals surface area contributed by atoms with E-state index in [1.807, 2.05) is 55.8 Å². The Morgan fingerprint density at radius 3 is 2.48 bits per heavy atom. The van der Waals surface area contributed by atoms with Crippen molar-refractivity contribution in [3.05, 3.63) is 41.6 Å². The third-order valence-corrected chi connectivity index (χ3v) is 5.49. The Bertz CT molecular complexity index is 785. The zero-order chi connectivity index (χ0) is 20.8. The number of aromatic nitrogens is 2. The maximum atomic E-state index is 12.7. The Labute approximate surface area is 177 Å². The lowest BCUT2D eigenvalue weighted by atomic mass is 10.2. The molecule has 1 aromatic carbocycles. The molecule has 2 aromatic rings. The van der Waals surface area contributed by atoms with Gasteiger partial charge in [-0.2, -0.15) is 5.10 Å². The number of amides is 1. The van der Waals surface area contributed by atoms with E-state index in [0.717, 1.165) is 44.3 Å². The monoisotopic (exact) mass is 419 g/mol. The highest BCUT2D eigenvalue weighted by Gasteiger charge is 2.26. The number of benzene rings is 1. The molecule has 1 aliphatic heterocycles. The molecule has 158 valence electrons. The van der Waals surface area contributed by atoms with Crippen molar-refractivity contribution < 1.29 is 9.53 Å². The van der Waals surface area contributed by atoms with Gasteiger partial charge >= 0.3 is 0 Å². The first-order valence-corrected chi connectivity index (χ1v) is 10.5. The number of piperazine rings is 1. The summed E-state index contributed by atoms with van der Waals surface area (Å²) in [6, 6.07) is 9.28. The topological polar surface area (TPSA) is 62.6 Å². The van der Waals surface area contributed by atoms with Crippen LogP contribution in [0, 0.1) is 0 Å². The number of ether oxygens (including phenoxy) is 1.